The lowest BCUT2D eigenvalue weighted by Gasteiger charge is -2.30. The van der Waals surface area contributed by atoms with Gasteiger partial charge in [0.2, 0.25) is 0 Å². The van der Waals surface area contributed by atoms with Gasteiger partial charge in [0.25, 0.3) is 0 Å². The first-order valence-corrected chi connectivity index (χ1v) is 5.56. The summed E-state index contributed by atoms with van der Waals surface area (Å²) in [5.74, 6) is 0. The van der Waals surface area contributed by atoms with E-state index in [1.165, 1.54) is 0 Å². The third-order valence-electron chi connectivity index (χ3n) is 2.89. The molecule has 1 fully saturated rings. The van der Waals surface area contributed by atoms with Gasteiger partial charge in [-0.3, -0.25) is 4.90 Å². The summed E-state index contributed by atoms with van der Waals surface area (Å²) >= 11 is 0. The fraction of sp³-hybridized carbons (Fsp3) is 0.385. The molecule has 0 bridgehead atoms. The molecule has 17 heavy (non-hydrogen) atoms. The predicted octanol–water partition coefficient (Wildman–Crippen LogP) is 1.46. The number of hydrogen-bond donors (Lipinski definition) is 0. The first kappa shape index (κ1) is 11.6. The molecule has 1 aromatic rings. The van der Waals surface area contributed by atoms with E-state index in [0.29, 0.717) is 18.8 Å². The van der Waals surface area contributed by atoms with Crippen LogP contribution in [0.2, 0.25) is 0 Å². The van der Waals surface area contributed by atoms with Crippen LogP contribution in [0.4, 0.5) is 0 Å². The molecule has 0 aromatic heterocycles. The van der Waals surface area contributed by atoms with Gasteiger partial charge in [-0.1, -0.05) is 12.1 Å². The number of ether oxygens (including phenoxy) is 1. The lowest BCUT2D eigenvalue weighted by Crippen LogP contribution is -2.38. The van der Waals surface area contributed by atoms with Crippen molar-refractivity contribution >= 4 is 0 Å². The van der Waals surface area contributed by atoms with Crippen LogP contribution in [0.15, 0.2) is 24.3 Å². The highest BCUT2D eigenvalue weighted by atomic mass is 16.5. The Kier molecular flexibility index (Phi) is 3.72. The molecule has 0 amide bonds. The van der Waals surface area contributed by atoms with Crippen LogP contribution in [0.3, 0.4) is 0 Å². The maximum Gasteiger partial charge on any atom is 0.124 e. The van der Waals surface area contributed by atoms with Crippen molar-refractivity contribution in [3.05, 3.63) is 35.4 Å². The molecule has 0 N–H and O–H groups in total. The smallest absolute Gasteiger partial charge is 0.124 e. The molecule has 86 valence electrons. The van der Waals surface area contributed by atoms with Gasteiger partial charge < -0.3 is 4.74 Å². The molecule has 4 nitrogen and oxygen atoms in total. The SMILES string of the molecule is N#Cc1ccc(C(C#N)N2CCOCC2)cc1. The molecule has 1 aromatic carbocycles. The van der Waals surface area contributed by atoms with Crippen LogP contribution in [0, 0.1) is 22.7 Å². The first-order valence-electron chi connectivity index (χ1n) is 5.56. The van der Waals surface area contributed by atoms with Gasteiger partial charge in [0.1, 0.15) is 6.04 Å². The Bertz CT molecular complexity index is 449. The van der Waals surface area contributed by atoms with E-state index < -0.39 is 0 Å². The maximum atomic E-state index is 9.26. The second kappa shape index (κ2) is 5.45. The number of hydrogen-bond acceptors (Lipinski definition) is 4. The van der Waals surface area contributed by atoms with Gasteiger partial charge in [0.15, 0.2) is 0 Å². The summed E-state index contributed by atoms with van der Waals surface area (Å²) in [6.07, 6.45) is 0. The highest BCUT2D eigenvalue weighted by molar-refractivity contribution is 5.34. The zero-order valence-corrected chi connectivity index (χ0v) is 9.47. The lowest BCUT2D eigenvalue weighted by molar-refractivity contribution is 0.0266. The number of rotatable bonds is 2. The molecule has 0 radical (unpaired) electrons. The highest BCUT2D eigenvalue weighted by Gasteiger charge is 2.21. The van der Waals surface area contributed by atoms with Crippen LogP contribution in [0.1, 0.15) is 17.2 Å². The van der Waals surface area contributed by atoms with Crippen molar-refractivity contribution in [2.75, 3.05) is 26.3 Å². The summed E-state index contributed by atoms with van der Waals surface area (Å²) in [5, 5.41) is 18.0. The normalized spacial score (nSPS) is 18.0. The molecule has 0 aliphatic carbocycles. The van der Waals surface area contributed by atoms with Crippen LogP contribution in [0.25, 0.3) is 0 Å². The number of morpholine rings is 1. The topological polar surface area (TPSA) is 60.0 Å². The molecule has 1 aliphatic rings. The van der Waals surface area contributed by atoms with E-state index in [4.69, 9.17) is 10.00 Å². The summed E-state index contributed by atoms with van der Waals surface area (Å²) in [5.41, 5.74) is 1.56. The second-order valence-electron chi connectivity index (χ2n) is 3.91. The molecule has 1 aliphatic heterocycles. The third-order valence-corrected chi connectivity index (χ3v) is 2.89. The van der Waals surface area contributed by atoms with E-state index in [0.717, 1.165) is 18.7 Å². The van der Waals surface area contributed by atoms with Gasteiger partial charge in [-0.25, -0.2) is 0 Å². The molecule has 1 atom stereocenters. The fourth-order valence-electron chi connectivity index (χ4n) is 1.94. The Hall–Kier alpha value is -1.88. The minimum absolute atomic E-state index is 0.244. The van der Waals surface area contributed by atoms with Crippen molar-refractivity contribution in [2.45, 2.75) is 6.04 Å². The van der Waals surface area contributed by atoms with Gasteiger partial charge in [0.05, 0.1) is 30.9 Å². The van der Waals surface area contributed by atoms with E-state index in [1.807, 2.05) is 12.1 Å². The average molecular weight is 227 g/mol. The Morgan fingerprint density at radius 1 is 1.12 bits per heavy atom. The van der Waals surface area contributed by atoms with Crippen LogP contribution in [-0.4, -0.2) is 31.2 Å². The average Bonchev–Trinajstić information content (AvgIpc) is 2.42. The molecule has 1 saturated heterocycles. The van der Waals surface area contributed by atoms with Gasteiger partial charge in [0, 0.05) is 13.1 Å². The largest absolute Gasteiger partial charge is 0.379 e. The summed E-state index contributed by atoms with van der Waals surface area (Å²) in [6.45, 7) is 2.90. The standard InChI is InChI=1S/C13H13N3O/c14-9-11-1-3-12(4-2-11)13(10-15)16-5-7-17-8-6-16/h1-4,13H,5-8H2. The molecular weight excluding hydrogens is 214 g/mol. The van der Waals surface area contributed by atoms with Crippen LogP contribution in [-0.2, 0) is 4.74 Å². The molecule has 1 heterocycles. The summed E-state index contributed by atoms with van der Waals surface area (Å²) in [6, 6.07) is 11.3. The molecule has 0 saturated carbocycles. The van der Waals surface area contributed by atoms with E-state index in [1.54, 1.807) is 12.1 Å². The summed E-state index contributed by atoms with van der Waals surface area (Å²) < 4.78 is 5.27. The fourth-order valence-corrected chi connectivity index (χ4v) is 1.94. The monoisotopic (exact) mass is 227 g/mol. The van der Waals surface area contributed by atoms with Crippen molar-refractivity contribution in [3.8, 4) is 12.1 Å². The molecule has 0 spiro atoms. The van der Waals surface area contributed by atoms with E-state index in [-0.39, 0.29) is 6.04 Å². The summed E-state index contributed by atoms with van der Waals surface area (Å²) in [4.78, 5) is 2.10. The van der Waals surface area contributed by atoms with Crippen LogP contribution < -0.4 is 0 Å². The van der Waals surface area contributed by atoms with Gasteiger partial charge >= 0.3 is 0 Å². The van der Waals surface area contributed by atoms with Crippen molar-refractivity contribution in [2.24, 2.45) is 0 Å². The Morgan fingerprint density at radius 2 is 1.76 bits per heavy atom. The Morgan fingerprint density at radius 3 is 2.29 bits per heavy atom. The van der Waals surface area contributed by atoms with Gasteiger partial charge in [-0.2, -0.15) is 10.5 Å². The molecule has 1 unspecified atom stereocenters. The summed E-state index contributed by atoms with van der Waals surface area (Å²) in [7, 11) is 0. The molecule has 2 rings (SSSR count). The number of benzene rings is 1. The lowest BCUT2D eigenvalue weighted by atomic mass is 10.0. The van der Waals surface area contributed by atoms with Gasteiger partial charge in [-0.15, -0.1) is 0 Å². The second-order valence-corrected chi connectivity index (χ2v) is 3.91. The maximum absolute atomic E-state index is 9.26. The van der Waals surface area contributed by atoms with E-state index in [2.05, 4.69) is 17.0 Å². The third kappa shape index (κ3) is 2.62. The quantitative estimate of drug-likeness (QED) is 0.767. The number of nitrogens with zero attached hydrogens (tertiary/aromatic N) is 3. The van der Waals surface area contributed by atoms with Crippen molar-refractivity contribution in [1.29, 1.82) is 10.5 Å². The first-order chi connectivity index (χ1) is 8.35. The zero-order valence-electron chi connectivity index (χ0n) is 9.47. The zero-order chi connectivity index (χ0) is 12.1. The minimum atomic E-state index is -0.244. The molecular formula is C13H13N3O. The Balaban J connectivity index is 2.17. The van der Waals surface area contributed by atoms with E-state index in [9.17, 15) is 5.26 Å². The molecule has 4 heteroatoms. The van der Waals surface area contributed by atoms with Crippen molar-refractivity contribution in [3.63, 3.8) is 0 Å². The van der Waals surface area contributed by atoms with Crippen molar-refractivity contribution in [1.82, 2.24) is 4.90 Å². The van der Waals surface area contributed by atoms with Crippen LogP contribution in [0.5, 0.6) is 0 Å². The highest BCUT2D eigenvalue weighted by Crippen LogP contribution is 2.21. The van der Waals surface area contributed by atoms with Gasteiger partial charge in [-0.05, 0) is 17.7 Å². The minimum Gasteiger partial charge on any atom is -0.379 e. The van der Waals surface area contributed by atoms with Crippen LogP contribution >= 0.6 is 0 Å². The van der Waals surface area contributed by atoms with Crippen molar-refractivity contribution < 1.29 is 4.74 Å². The van der Waals surface area contributed by atoms with E-state index >= 15 is 0 Å². The predicted molar refractivity (Wildman–Crippen MR) is 61.9 cm³/mol. The Labute approximate surface area is 101 Å². The number of nitriles is 2.